The third kappa shape index (κ3) is 2.71. The van der Waals surface area contributed by atoms with Crippen molar-refractivity contribution in [3.05, 3.63) is 16.9 Å². The summed E-state index contributed by atoms with van der Waals surface area (Å²) in [4.78, 5) is 12.3. The van der Waals surface area contributed by atoms with Gasteiger partial charge in [0.25, 0.3) is 0 Å². The fourth-order valence-corrected chi connectivity index (χ4v) is 2.80. The molecule has 94 valence electrons. The van der Waals surface area contributed by atoms with Crippen molar-refractivity contribution in [3.63, 3.8) is 0 Å². The molecule has 0 amide bonds. The van der Waals surface area contributed by atoms with Crippen LogP contribution in [0.15, 0.2) is 6.20 Å². The molecule has 1 fully saturated rings. The lowest BCUT2D eigenvalue weighted by Crippen LogP contribution is -2.15. The van der Waals surface area contributed by atoms with Gasteiger partial charge in [0.1, 0.15) is 5.69 Å². The van der Waals surface area contributed by atoms with Crippen molar-refractivity contribution in [2.45, 2.75) is 52.0 Å². The minimum Gasteiger partial charge on any atom is -0.292 e. The molecule has 0 aliphatic heterocycles. The first-order valence-electron chi connectivity index (χ1n) is 6.35. The first-order chi connectivity index (χ1) is 8.09. The average Bonchev–Trinajstić information content (AvgIpc) is 2.86. The van der Waals surface area contributed by atoms with Gasteiger partial charge in [-0.3, -0.25) is 9.48 Å². The second-order valence-electron chi connectivity index (χ2n) is 5.16. The van der Waals surface area contributed by atoms with Gasteiger partial charge in [-0.1, -0.05) is 37.3 Å². The van der Waals surface area contributed by atoms with Gasteiger partial charge in [-0.25, -0.2) is 0 Å². The summed E-state index contributed by atoms with van der Waals surface area (Å²) in [5.74, 6) is 0.696. The zero-order valence-corrected chi connectivity index (χ0v) is 11.2. The number of aromatic nitrogens is 2. The van der Waals surface area contributed by atoms with E-state index in [1.165, 1.54) is 25.7 Å². The Kier molecular flexibility index (Phi) is 3.87. The van der Waals surface area contributed by atoms with Gasteiger partial charge in [0.05, 0.1) is 11.2 Å². The maximum atomic E-state index is 12.3. The average molecular weight is 255 g/mol. The molecule has 2 rings (SSSR count). The Morgan fingerprint density at radius 1 is 1.53 bits per heavy atom. The largest absolute Gasteiger partial charge is 0.292 e. The number of carbonyl (C=O) groups is 1. The monoisotopic (exact) mass is 254 g/mol. The molecule has 0 radical (unpaired) electrons. The molecule has 1 aromatic heterocycles. The molecule has 0 spiro atoms. The third-order valence-corrected chi connectivity index (χ3v) is 3.73. The highest BCUT2D eigenvalue weighted by Crippen LogP contribution is 2.30. The highest BCUT2D eigenvalue weighted by Gasteiger charge is 2.24. The molecule has 0 saturated heterocycles. The van der Waals surface area contributed by atoms with Gasteiger partial charge in [-0.05, 0) is 19.8 Å². The fourth-order valence-electron chi connectivity index (χ4n) is 2.57. The van der Waals surface area contributed by atoms with Crippen LogP contribution >= 0.6 is 11.6 Å². The van der Waals surface area contributed by atoms with Gasteiger partial charge in [0.15, 0.2) is 5.78 Å². The molecule has 0 bridgehead atoms. The molecule has 17 heavy (non-hydrogen) atoms. The van der Waals surface area contributed by atoms with Crippen molar-refractivity contribution >= 4 is 17.4 Å². The Hall–Kier alpha value is -0.830. The van der Waals surface area contributed by atoms with Crippen LogP contribution in [0.2, 0.25) is 5.02 Å². The van der Waals surface area contributed by atoms with Crippen LogP contribution in [0.1, 0.15) is 62.5 Å². The normalized spacial score (nSPS) is 16.9. The summed E-state index contributed by atoms with van der Waals surface area (Å²) < 4.78 is 1.74. The van der Waals surface area contributed by atoms with Gasteiger partial charge in [-0.15, -0.1) is 0 Å². The molecule has 1 saturated carbocycles. The summed E-state index contributed by atoms with van der Waals surface area (Å²) in [5, 5.41) is 4.66. The van der Waals surface area contributed by atoms with Crippen LogP contribution in [0.4, 0.5) is 0 Å². The summed E-state index contributed by atoms with van der Waals surface area (Å²) in [5.41, 5.74) is 0.591. The number of nitrogens with zero attached hydrogens (tertiary/aromatic N) is 2. The van der Waals surface area contributed by atoms with Crippen LogP contribution in [0.25, 0.3) is 0 Å². The Morgan fingerprint density at radius 3 is 2.76 bits per heavy atom. The maximum Gasteiger partial charge on any atom is 0.182 e. The quantitative estimate of drug-likeness (QED) is 0.765. The van der Waals surface area contributed by atoms with Gasteiger partial charge in [0, 0.05) is 12.5 Å². The predicted octanol–water partition coefficient (Wildman–Crippen LogP) is 3.88. The highest BCUT2D eigenvalue weighted by molar-refractivity contribution is 6.33. The fraction of sp³-hybridized carbons (Fsp3) is 0.692. The van der Waals surface area contributed by atoms with Crippen LogP contribution in [-0.4, -0.2) is 15.6 Å². The van der Waals surface area contributed by atoms with Crippen molar-refractivity contribution < 1.29 is 4.79 Å². The van der Waals surface area contributed by atoms with Crippen molar-refractivity contribution in [2.75, 3.05) is 0 Å². The first-order valence-corrected chi connectivity index (χ1v) is 6.73. The van der Waals surface area contributed by atoms with Crippen molar-refractivity contribution in [2.24, 2.45) is 5.92 Å². The van der Waals surface area contributed by atoms with Crippen LogP contribution in [-0.2, 0) is 0 Å². The third-order valence-electron chi connectivity index (χ3n) is 3.45. The number of rotatable bonds is 4. The zero-order chi connectivity index (χ0) is 12.4. The van der Waals surface area contributed by atoms with E-state index in [4.69, 9.17) is 11.6 Å². The van der Waals surface area contributed by atoms with E-state index in [0.29, 0.717) is 23.1 Å². The second kappa shape index (κ2) is 5.21. The number of carbonyl (C=O) groups excluding carboxylic acids is 1. The number of hydrogen-bond donors (Lipinski definition) is 0. The van der Waals surface area contributed by atoms with Crippen LogP contribution in [0.3, 0.4) is 0 Å². The van der Waals surface area contributed by atoms with Gasteiger partial charge < -0.3 is 0 Å². The molecule has 3 nitrogen and oxygen atoms in total. The molecule has 0 unspecified atom stereocenters. The van der Waals surface area contributed by atoms with E-state index < -0.39 is 0 Å². The second-order valence-corrected chi connectivity index (χ2v) is 5.56. The Morgan fingerprint density at radius 2 is 2.18 bits per heavy atom. The summed E-state index contributed by atoms with van der Waals surface area (Å²) >= 11 is 6.07. The van der Waals surface area contributed by atoms with Crippen molar-refractivity contribution in [3.8, 4) is 0 Å². The van der Waals surface area contributed by atoms with E-state index in [0.717, 1.165) is 0 Å². The van der Waals surface area contributed by atoms with Gasteiger partial charge >= 0.3 is 0 Å². The predicted molar refractivity (Wildman–Crippen MR) is 68.5 cm³/mol. The van der Waals surface area contributed by atoms with E-state index in [9.17, 15) is 4.79 Å². The number of halogens is 1. The van der Waals surface area contributed by atoms with Crippen LogP contribution < -0.4 is 0 Å². The minimum absolute atomic E-state index is 0.146. The Bertz CT molecular complexity index is 406. The first kappa shape index (κ1) is 12.6. The molecular weight excluding hydrogens is 236 g/mol. The lowest BCUT2D eigenvalue weighted by Gasteiger charge is -2.12. The molecule has 0 N–H and O–H groups in total. The number of Topliss-reactive ketones (excluding diaryl/α,β-unsaturated/α-hetero) is 1. The van der Waals surface area contributed by atoms with E-state index in [2.05, 4.69) is 5.10 Å². The van der Waals surface area contributed by atoms with E-state index >= 15 is 0 Å². The summed E-state index contributed by atoms with van der Waals surface area (Å²) in [6.07, 6.45) is 7.07. The lowest BCUT2D eigenvalue weighted by atomic mass is 9.99. The molecule has 4 heteroatoms. The highest BCUT2D eigenvalue weighted by atomic mass is 35.5. The molecular formula is C13H19ClN2O. The molecule has 0 aromatic carbocycles. The van der Waals surface area contributed by atoms with Gasteiger partial charge in [0.2, 0.25) is 0 Å². The maximum absolute atomic E-state index is 12.3. The van der Waals surface area contributed by atoms with E-state index in [1.807, 2.05) is 13.8 Å². The Balaban J connectivity index is 2.14. The van der Waals surface area contributed by atoms with Crippen molar-refractivity contribution in [1.82, 2.24) is 9.78 Å². The van der Waals surface area contributed by atoms with Crippen LogP contribution in [0, 0.1) is 5.92 Å². The molecule has 1 heterocycles. The summed E-state index contributed by atoms with van der Waals surface area (Å²) in [6, 6.07) is 0.171. The van der Waals surface area contributed by atoms with Gasteiger partial charge in [-0.2, -0.15) is 5.10 Å². The van der Waals surface area contributed by atoms with Crippen LogP contribution in [0.5, 0.6) is 0 Å². The topological polar surface area (TPSA) is 34.9 Å². The number of ketones is 1. The Labute approximate surface area is 107 Å². The van der Waals surface area contributed by atoms with Crippen molar-refractivity contribution in [1.29, 1.82) is 0 Å². The summed E-state index contributed by atoms with van der Waals surface area (Å²) in [6.45, 7) is 4.02. The molecule has 1 aromatic rings. The minimum atomic E-state index is 0.146. The number of hydrogen-bond acceptors (Lipinski definition) is 2. The molecule has 1 aliphatic carbocycles. The standard InChI is InChI=1S/C13H19ClN2O/c1-9(2)16-13(11(14)8-15-16)12(17)7-10-5-3-4-6-10/h8-10H,3-7H2,1-2H3. The van der Waals surface area contributed by atoms with E-state index in [1.54, 1.807) is 10.9 Å². The van der Waals surface area contributed by atoms with E-state index in [-0.39, 0.29) is 11.8 Å². The smallest absolute Gasteiger partial charge is 0.182 e. The molecule has 1 aliphatic rings. The SMILES string of the molecule is CC(C)n1ncc(Cl)c1C(=O)CC1CCCC1. The summed E-state index contributed by atoms with van der Waals surface area (Å²) in [7, 11) is 0. The zero-order valence-electron chi connectivity index (χ0n) is 10.4. The molecule has 0 atom stereocenters. The lowest BCUT2D eigenvalue weighted by molar-refractivity contribution is 0.0950.